The number of nitrogens with two attached hydrogens (primary N) is 1. The van der Waals surface area contributed by atoms with E-state index in [0.29, 0.717) is 4.47 Å². The van der Waals surface area contributed by atoms with Gasteiger partial charge in [0.15, 0.2) is 0 Å². The molecule has 2 rings (SSSR count). The van der Waals surface area contributed by atoms with Crippen molar-refractivity contribution in [1.29, 1.82) is 0 Å². The summed E-state index contributed by atoms with van der Waals surface area (Å²) in [7, 11) is -8.67. The van der Waals surface area contributed by atoms with Gasteiger partial charge < -0.3 is 0 Å². The third-order valence-electron chi connectivity index (χ3n) is 2.76. The van der Waals surface area contributed by atoms with Gasteiger partial charge in [-0.25, -0.2) is 26.7 Å². The number of halogens is 1. The fraction of sp³-hybridized carbons (Fsp3) is 0. The maximum atomic E-state index is 12.3. The SMILES string of the molecule is NS(=O)(=O)c1ccccc1S(=O)(=O)NC(=O)c1cccc(Br)c1. The summed E-state index contributed by atoms with van der Waals surface area (Å²) in [6, 6.07) is 10.8. The van der Waals surface area contributed by atoms with Gasteiger partial charge in [0.25, 0.3) is 15.9 Å². The first-order valence-electron chi connectivity index (χ1n) is 6.06. The molecule has 0 aliphatic heterocycles. The van der Waals surface area contributed by atoms with Crippen molar-refractivity contribution in [3.63, 3.8) is 0 Å². The summed E-state index contributed by atoms with van der Waals surface area (Å²) in [4.78, 5) is 10.9. The first kappa shape index (κ1) is 17.6. The Morgan fingerprint density at radius 2 is 1.57 bits per heavy atom. The lowest BCUT2D eigenvalue weighted by atomic mass is 10.2. The smallest absolute Gasteiger partial charge is 0.265 e. The molecule has 3 N–H and O–H groups in total. The van der Waals surface area contributed by atoms with Crippen molar-refractivity contribution in [1.82, 2.24) is 4.72 Å². The van der Waals surface area contributed by atoms with Crippen molar-refractivity contribution in [3.05, 3.63) is 58.6 Å². The number of rotatable bonds is 4. The Hall–Kier alpha value is -1.75. The minimum Gasteiger partial charge on any atom is -0.268 e. The van der Waals surface area contributed by atoms with Crippen LogP contribution in [0.5, 0.6) is 0 Å². The average molecular weight is 419 g/mol. The van der Waals surface area contributed by atoms with E-state index in [1.54, 1.807) is 12.1 Å². The number of amides is 1. The van der Waals surface area contributed by atoms with E-state index >= 15 is 0 Å². The van der Waals surface area contributed by atoms with E-state index in [1.807, 2.05) is 4.72 Å². The van der Waals surface area contributed by atoms with E-state index in [2.05, 4.69) is 15.9 Å². The van der Waals surface area contributed by atoms with Crippen molar-refractivity contribution in [3.8, 4) is 0 Å². The Morgan fingerprint density at radius 3 is 2.13 bits per heavy atom. The molecule has 0 aliphatic rings. The average Bonchev–Trinajstić information content (AvgIpc) is 2.46. The van der Waals surface area contributed by atoms with Gasteiger partial charge in [-0.15, -0.1) is 0 Å². The fourth-order valence-corrected chi connectivity index (χ4v) is 4.53. The van der Waals surface area contributed by atoms with Crippen LogP contribution in [-0.2, 0) is 20.0 Å². The van der Waals surface area contributed by atoms with E-state index < -0.39 is 35.7 Å². The predicted molar refractivity (Wildman–Crippen MR) is 86.6 cm³/mol. The second-order valence-electron chi connectivity index (χ2n) is 4.44. The number of hydrogen-bond acceptors (Lipinski definition) is 5. The number of hydrogen-bond donors (Lipinski definition) is 2. The molecule has 0 saturated carbocycles. The minimum atomic E-state index is -4.41. The largest absolute Gasteiger partial charge is 0.268 e. The van der Waals surface area contributed by atoms with Gasteiger partial charge in [-0.1, -0.05) is 34.1 Å². The van der Waals surface area contributed by atoms with Crippen molar-refractivity contribution in [2.45, 2.75) is 9.79 Å². The van der Waals surface area contributed by atoms with Gasteiger partial charge in [-0.2, -0.15) is 0 Å². The predicted octanol–water partition coefficient (Wildman–Crippen LogP) is 1.22. The van der Waals surface area contributed by atoms with Crippen LogP contribution in [0.3, 0.4) is 0 Å². The Bertz CT molecular complexity index is 971. The number of nitrogens with one attached hydrogen (secondary N) is 1. The molecule has 0 radical (unpaired) electrons. The van der Waals surface area contributed by atoms with Crippen LogP contribution in [-0.4, -0.2) is 22.7 Å². The van der Waals surface area contributed by atoms with Gasteiger partial charge in [0.1, 0.15) is 9.79 Å². The third kappa shape index (κ3) is 4.16. The number of benzene rings is 2. The number of sulfonamides is 2. The summed E-state index contributed by atoms with van der Waals surface area (Å²) in [5.74, 6) is -0.893. The zero-order valence-corrected chi connectivity index (χ0v) is 14.7. The van der Waals surface area contributed by atoms with E-state index in [9.17, 15) is 21.6 Å². The van der Waals surface area contributed by atoms with Crippen molar-refractivity contribution >= 4 is 41.9 Å². The number of carbonyl (C=O) groups is 1. The Kier molecular flexibility index (Phi) is 4.90. The molecule has 0 aromatic heterocycles. The van der Waals surface area contributed by atoms with Crippen LogP contribution < -0.4 is 9.86 Å². The number of primary sulfonamides is 1. The first-order chi connectivity index (χ1) is 10.6. The Labute approximate surface area is 141 Å². The molecule has 1 amide bonds. The van der Waals surface area contributed by atoms with Crippen LogP contribution in [0.15, 0.2) is 62.8 Å². The number of carbonyl (C=O) groups excluding carboxylic acids is 1. The van der Waals surface area contributed by atoms with E-state index in [0.717, 1.165) is 12.1 Å². The molecule has 0 atom stereocenters. The highest BCUT2D eigenvalue weighted by Gasteiger charge is 2.26. The second kappa shape index (κ2) is 6.40. The monoisotopic (exact) mass is 418 g/mol. The minimum absolute atomic E-state index is 0.0936. The van der Waals surface area contributed by atoms with Gasteiger partial charge in [0, 0.05) is 10.0 Å². The van der Waals surface area contributed by atoms with Crippen LogP contribution in [0, 0.1) is 0 Å². The lowest BCUT2D eigenvalue weighted by Gasteiger charge is -2.10. The molecule has 0 fully saturated rings. The van der Waals surface area contributed by atoms with Crippen LogP contribution in [0.25, 0.3) is 0 Å². The summed E-state index contributed by atoms with van der Waals surface area (Å²) >= 11 is 3.17. The zero-order chi connectivity index (χ0) is 17.3. The lowest BCUT2D eigenvalue weighted by molar-refractivity contribution is 0.0981. The zero-order valence-electron chi connectivity index (χ0n) is 11.4. The molecule has 0 heterocycles. The molecule has 0 spiro atoms. The van der Waals surface area contributed by atoms with Gasteiger partial charge in [0.05, 0.1) is 0 Å². The Balaban J connectivity index is 2.43. The van der Waals surface area contributed by atoms with Crippen LogP contribution in [0.1, 0.15) is 10.4 Å². The lowest BCUT2D eigenvalue weighted by Crippen LogP contribution is -2.32. The summed E-state index contributed by atoms with van der Waals surface area (Å²) in [6.45, 7) is 0. The molecule has 10 heteroatoms. The first-order valence-corrected chi connectivity index (χ1v) is 9.88. The molecule has 2 aromatic rings. The summed E-state index contributed by atoms with van der Waals surface area (Å²) in [5.41, 5.74) is 0.0936. The van der Waals surface area contributed by atoms with Crippen LogP contribution >= 0.6 is 15.9 Å². The molecule has 7 nitrogen and oxygen atoms in total. The van der Waals surface area contributed by atoms with Crippen molar-refractivity contribution < 1.29 is 21.6 Å². The third-order valence-corrected chi connectivity index (χ3v) is 5.74. The van der Waals surface area contributed by atoms with Crippen LogP contribution in [0.2, 0.25) is 0 Å². The van der Waals surface area contributed by atoms with Crippen molar-refractivity contribution in [2.75, 3.05) is 0 Å². The fourth-order valence-electron chi connectivity index (χ4n) is 1.77. The van der Waals surface area contributed by atoms with E-state index in [1.165, 1.54) is 24.3 Å². The standard InChI is InChI=1S/C13H11BrN2O5S2/c14-10-5-3-4-9(8-10)13(17)16-23(20,21)12-7-2-1-6-11(12)22(15,18)19/h1-8H,(H,16,17)(H2,15,18,19). The highest BCUT2D eigenvalue weighted by atomic mass is 79.9. The Morgan fingerprint density at radius 1 is 0.957 bits per heavy atom. The van der Waals surface area contributed by atoms with Gasteiger partial charge in [0.2, 0.25) is 10.0 Å². The molecular formula is C13H11BrN2O5S2. The summed E-state index contributed by atoms with van der Waals surface area (Å²) < 4.78 is 50.0. The molecule has 2 aromatic carbocycles. The normalized spacial score (nSPS) is 11.9. The van der Waals surface area contributed by atoms with Gasteiger partial charge in [-0.3, -0.25) is 4.79 Å². The second-order valence-corrected chi connectivity index (χ2v) is 8.53. The highest BCUT2D eigenvalue weighted by Crippen LogP contribution is 2.20. The molecule has 122 valence electrons. The molecule has 0 saturated heterocycles. The van der Waals surface area contributed by atoms with Gasteiger partial charge >= 0.3 is 0 Å². The molecule has 23 heavy (non-hydrogen) atoms. The van der Waals surface area contributed by atoms with Crippen LogP contribution in [0.4, 0.5) is 0 Å². The molecule has 0 bridgehead atoms. The topological polar surface area (TPSA) is 123 Å². The molecular weight excluding hydrogens is 408 g/mol. The molecule has 0 aliphatic carbocycles. The van der Waals surface area contributed by atoms with Gasteiger partial charge in [-0.05, 0) is 30.3 Å². The maximum absolute atomic E-state index is 12.3. The summed E-state index contributed by atoms with van der Waals surface area (Å²) in [6.07, 6.45) is 0. The molecule has 0 unspecified atom stereocenters. The quantitative estimate of drug-likeness (QED) is 0.771. The highest BCUT2D eigenvalue weighted by molar-refractivity contribution is 9.10. The van der Waals surface area contributed by atoms with Crippen molar-refractivity contribution in [2.24, 2.45) is 5.14 Å². The van der Waals surface area contributed by atoms with E-state index in [-0.39, 0.29) is 5.56 Å². The van der Waals surface area contributed by atoms with E-state index in [4.69, 9.17) is 5.14 Å². The summed E-state index contributed by atoms with van der Waals surface area (Å²) in [5, 5.41) is 5.00. The maximum Gasteiger partial charge on any atom is 0.265 e.